The lowest BCUT2D eigenvalue weighted by Gasteiger charge is -2.09. The number of aromatic nitrogens is 2. The van der Waals surface area contributed by atoms with Crippen molar-refractivity contribution in [3.63, 3.8) is 0 Å². The van der Waals surface area contributed by atoms with Gasteiger partial charge in [-0.25, -0.2) is 4.98 Å². The van der Waals surface area contributed by atoms with Crippen LogP contribution in [0.5, 0.6) is 5.75 Å². The van der Waals surface area contributed by atoms with Crippen molar-refractivity contribution in [3.05, 3.63) is 47.4 Å². The highest BCUT2D eigenvalue weighted by Crippen LogP contribution is 2.25. The summed E-state index contributed by atoms with van der Waals surface area (Å²) in [6, 6.07) is 5.16. The Hall–Kier alpha value is -2.56. The second-order valence-corrected chi connectivity index (χ2v) is 4.24. The van der Waals surface area contributed by atoms with E-state index >= 15 is 0 Å². The number of primary amides is 1. The molecular formula is C14H15N3O2. The maximum absolute atomic E-state index is 10.8. The number of rotatable bonds is 3. The van der Waals surface area contributed by atoms with E-state index < -0.39 is 5.91 Å². The number of nitrogens with two attached hydrogens (primary N) is 1. The number of hydrogen-bond donors (Lipinski definition) is 2. The Morgan fingerprint density at radius 3 is 2.84 bits per heavy atom. The van der Waals surface area contributed by atoms with Gasteiger partial charge in [0.2, 0.25) is 5.91 Å². The molecule has 0 aromatic carbocycles. The zero-order valence-electron chi connectivity index (χ0n) is 10.8. The van der Waals surface area contributed by atoms with Crippen LogP contribution in [0.1, 0.15) is 17.0 Å². The number of aryl methyl sites for hydroxylation is 1. The average molecular weight is 257 g/mol. The summed E-state index contributed by atoms with van der Waals surface area (Å²) in [5.41, 5.74) is 7.74. The maximum Gasteiger partial charge on any atom is 0.241 e. The van der Waals surface area contributed by atoms with Crippen LogP contribution in [0.15, 0.2) is 30.5 Å². The number of aromatic hydroxyl groups is 1. The van der Waals surface area contributed by atoms with Crippen LogP contribution in [-0.2, 0) is 4.79 Å². The minimum atomic E-state index is -0.495. The molecule has 0 saturated carbocycles. The number of carbonyl (C=O) groups excluding carboxylic acids is 1. The Balaban J connectivity index is 2.54. The molecule has 0 unspecified atom stereocenters. The van der Waals surface area contributed by atoms with E-state index in [2.05, 4.69) is 4.98 Å². The fourth-order valence-corrected chi connectivity index (χ4v) is 2.01. The van der Waals surface area contributed by atoms with Crippen molar-refractivity contribution < 1.29 is 9.90 Å². The van der Waals surface area contributed by atoms with Crippen molar-refractivity contribution >= 4 is 12.0 Å². The standard InChI is InChI=1S/C14H15N3O2/c1-9-8-11(5-6-13(15)19)10(2)17(9)14-12(18)4-3-7-16-14/h3-8,18H,1-2H3,(H2,15,19)/b6-5-. The molecule has 98 valence electrons. The SMILES string of the molecule is Cc1cc(/C=C\C(N)=O)c(C)n1-c1ncccc1O. The van der Waals surface area contributed by atoms with Gasteiger partial charge in [-0.2, -0.15) is 0 Å². The molecule has 5 heteroatoms. The molecule has 0 spiro atoms. The van der Waals surface area contributed by atoms with Gasteiger partial charge in [0, 0.05) is 23.7 Å². The molecule has 2 aromatic heterocycles. The van der Waals surface area contributed by atoms with Gasteiger partial charge in [0.05, 0.1) is 0 Å². The normalized spacial score (nSPS) is 11.1. The van der Waals surface area contributed by atoms with E-state index in [1.165, 1.54) is 6.08 Å². The average Bonchev–Trinajstić information content (AvgIpc) is 2.63. The molecule has 2 aromatic rings. The lowest BCUT2D eigenvalue weighted by molar-refractivity contribution is -0.113. The number of hydrogen-bond acceptors (Lipinski definition) is 3. The van der Waals surface area contributed by atoms with Crippen LogP contribution in [0.3, 0.4) is 0 Å². The Labute approximate surface area is 111 Å². The molecular weight excluding hydrogens is 242 g/mol. The van der Waals surface area contributed by atoms with Gasteiger partial charge in [-0.1, -0.05) is 0 Å². The topological polar surface area (TPSA) is 81.1 Å². The first kappa shape index (κ1) is 12.9. The smallest absolute Gasteiger partial charge is 0.241 e. The van der Waals surface area contributed by atoms with Crippen LogP contribution < -0.4 is 5.73 Å². The summed E-state index contributed by atoms with van der Waals surface area (Å²) in [5.74, 6) is 0.0800. The van der Waals surface area contributed by atoms with Crippen molar-refractivity contribution in [3.8, 4) is 11.6 Å². The molecule has 0 radical (unpaired) electrons. The summed E-state index contributed by atoms with van der Waals surface area (Å²) < 4.78 is 1.83. The molecule has 0 fully saturated rings. The first-order valence-corrected chi connectivity index (χ1v) is 5.81. The highest BCUT2D eigenvalue weighted by Gasteiger charge is 2.12. The van der Waals surface area contributed by atoms with Crippen LogP contribution in [0.25, 0.3) is 11.9 Å². The van der Waals surface area contributed by atoms with Gasteiger partial charge in [0.1, 0.15) is 0 Å². The molecule has 2 rings (SSSR count). The van der Waals surface area contributed by atoms with E-state index in [0.717, 1.165) is 17.0 Å². The third-order valence-electron chi connectivity index (χ3n) is 2.88. The second kappa shape index (κ2) is 4.97. The van der Waals surface area contributed by atoms with Crippen molar-refractivity contribution in [2.45, 2.75) is 13.8 Å². The highest BCUT2D eigenvalue weighted by atomic mass is 16.3. The lowest BCUT2D eigenvalue weighted by Crippen LogP contribution is -2.05. The van der Waals surface area contributed by atoms with Gasteiger partial charge in [0.15, 0.2) is 11.6 Å². The summed E-state index contributed by atoms with van der Waals surface area (Å²) in [6.07, 6.45) is 4.58. The monoisotopic (exact) mass is 257 g/mol. The summed E-state index contributed by atoms with van der Waals surface area (Å²) >= 11 is 0. The first-order chi connectivity index (χ1) is 9.00. The number of amides is 1. The van der Waals surface area contributed by atoms with Crippen molar-refractivity contribution in [2.24, 2.45) is 5.73 Å². The predicted molar refractivity (Wildman–Crippen MR) is 72.9 cm³/mol. The van der Waals surface area contributed by atoms with Gasteiger partial charge in [-0.05, 0) is 43.7 Å². The molecule has 0 bridgehead atoms. The van der Waals surface area contributed by atoms with Crippen LogP contribution >= 0.6 is 0 Å². The summed E-state index contributed by atoms with van der Waals surface area (Å²) in [6.45, 7) is 3.80. The zero-order chi connectivity index (χ0) is 14.0. The quantitative estimate of drug-likeness (QED) is 0.821. The van der Waals surface area contributed by atoms with Gasteiger partial charge in [-0.3, -0.25) is 9.36 Å². The highest BCUT2D eigenvalue weighted by molar-refractivity contribution is 5.90. The molecule has 3 N–H and O–H groups in total. The first-order valence-electron chi connectivity index (χ1n) is 5.81. The molecule has 0 aliphatic heterocycles. The van der Waals surface area contributed by atoms with Gasteiger partial charge >= 0.3 is 0 Å². The fraction of sp³-hybridized carbons (Fsp3) is 0.143. The summed E-state index contributed by atoms with van der Waals surface area (Å²) in [5, 5.41) is 9.86. The second-order valence-electron chi connectivity index (χ2n) is 4.24. The zero-order valence-corrected chi connectivity index (χ0v) is 10.8. The molecule has 0 atom stereocenters. The molecule has 0 saturated heterocycles. The van der Waals surface area contributed by atoms with Crippen LogP contribution in [0.4, 0.5) is 0 Å². The van der Waals surface area contributed by atoms with E-state index in [1.807, 2.05) is 24.5 Å². The molecule has 2 heterocycles. The van der Waals surface area contributed by atoms with Gasteiger partial charge < -0.3 is 10.8 Å². The summed E-state index contributed by atoms with van der Waals surface area (Å²) in [4.78, 5) is 15.0. The third-order valence-corrected chi connectivity index (χ3v) is 2.88. The Morgan fingerprint density at radius 2 is 2.21 bits per heavy atom. The van der Waals surface area contributed by atoms with E-state index in [4.69, 9.17) is 5.73 Å². The predicted octanol–water partition coefficient (Wildman–Crippen LogP) is 1.69. The molecule has 0 aliphatic rings. The van der Waals surface area contributed by atoms with E-state index in [1.54, 1.807) is 24.4 Å². The number of pyridine rings is 1. The van der Waals surface area contributed by atoms with Crippen LogP contribution in [0.2, 0.25) is 0 Å². The lowest BCUT2D eigenvalue weighted by atomic mass is 10.2. The van der Waals surface area contributed by atoms with Crippen LogP contribution in [-0.4, -0.2) is 20.6 Å². The van der Waals surface area contributed by atoms with E-state index in [9.17, 15) is 9.90 Å². The van der Waals surface area contributed by atoms with Crippen molar-refractivity contribution in [2.75, 3.05) is 0 Å². The van der Waals surface area contributed by atoms with Crippen LogP contribution in [0, 0.1) is 13.8 Å². The summed E-state index contributed by atoms with van der Waals surface area (Å²) in [7, 11) is 0. The minimum absolute atomic E-state index is 0.106. The molecule has 0 aliphatic carbocycles. The maximum atomic E-state index is 10.8. The largest absolute Gasteiger partial charge is 0.504 e. The minimum Gasteiger partial charge on any atom is -0.504 e. The van der Waals surface area contributed by atoms with Gasteiger partial charge in [0.25, 0.3) is 0 Å². The fourth-order valence-electron chi connectivity index (χ4n) is 2.01. The molecule has 1 amide bonds. The molecule has 19 heavy (non-hydrogen) atoms. The molecule has 5 nitrogen and oxygen atoms in total. The Kier molecular flexibility index (Phi) is 3.37. The van der Waals surface area contributed by atoms with Crippen molar-refractivity contribution in [1.29, 1.82) is 0 Å². The van der Waals surface area contributed by atoms with E-state index in [-0.39, 0.29) is 5.75 Å². The third kappa shape index (κ3) is 2.49. The number of nitrogens with zero attached hydrogens (tertiary/aromatic N) is 2. The van der Waals surface area contributed by atoms with Crippen molar-refractivity contribution in [1.82, 2.24) is 9.55 Å². The number of carbonyl (C=O) groups is 1. The Morgan fingerprint density at radius 1 is 1.47 bits per heavy atom. The van der Waals surface area contributed by atoms with Gasteiger partial charge in [-0.15, -0.1) is 0 Å². The van der Waals surface area contributed by atoms with E-state index in [0.29, 0.717) is 5.82 Å². The Bertz CT molecular complexity index is 657.